The molecule has 0 aliphatic carbocycles. The number of ketones is 3. The van der Waals surface area contributed by atoms with E-state index in [9.17, 15) is 18.9 Å². The molecule has 1 saturated heterocycles. The lowest BCUT2D eigenvalue weighted by Gasteiger charge is -2.37. The summed E-state index contributed by atoms with van der Waals surface area (Å²) >= 11 is 0. The molecule has 1 N–H and O–H groups in total. The van der Waals surface area contributed by atoms with Gasteiger partial charge in [-0.25, -0.2) is 4.57 Å². The number of phosphoric acid groups is 1. The molecule has 2 atom stereocenters. The maximum absolute atomic E-state index is 11.9. The molecule has 108 valence electrons. The van der Waals surface area contributed by atoms with Crippen LogP contribution in [0.3, 0.4) is 0 Å². The SMILES string of the molecule is C=CC(=O)C1OP(=O)(O)OOC1(C(=O)C=C)C(=O)C=C. The minimum absolute atomic E-state index is 0.686. The number of hydrogen-bond acceptors (Lipinski definition) is 7. The number of rotatable bonds is 6. The van der Waals surface area contributed by atoms with Gasteiger partial charge >= 0.3 is 7.82 Å². The summed E-state index contributed by atoms with van der Waals surface area (Å²) in [7, 11) is -4.75. The van der Waals surface area contributed by atoms with Gasteiger partial charge in [0.25, 0.3) is 5.60 Å². The second-order valence-corrected chi connectivity index (χ2v) is 4.89. The van der Waals surface area contributed by atoms with E-state index < -0.39 is 36.9 Å². The normalized spacial score (nSPS) is 28.1. The van der Waals surface area contributed by atoms with Gasteiger partial charge in [-0.3, -0.25) is 18.9 Å². The zero-order valence-corrected chi connectivity index (χ0v) is 11.1. The minimum Gasteiger partial charge on any atom is -0.301 e. The molecule has 0 saturated carbocycles. The van der Waals surface area contributed by atoms with Crippen LogP contribution in [0.4, 0.5) is 0 Å². The van der Waals surface area contributed by atoms with Gasteiger partial charge in [0.1, 0.15) is 0 Å². The Kier molecular flexibility index (Phi) is 4.69. The average Bonchev–Trinajstić information content (AvgIpc) is 2.44. The first-order chi connectivity index (χ1) is 9.25. The van der Waals surface area contributed by atoms with Crippen molar-refractivity contribution in [2.45, 2.75) is 11.7 Å². The summed E-state index contributed by atoms with van der Waals surface area (Å²) in [4.78, 5) is 49.2. The highest BCUT2D eigenvalue weighted by Gasteiger charge is 2.62. The Morgan fingerprint density at radius 2 is 1.60 bits per heavy atom. The third-order valence-electron chi connectivity index (χ3n) is 2.43. The molecule has 9 heteroatoms. The van der Waals surface area contributed by atoms with E-state index in [0.717, 1.165) is 0 Å². The molecular formula is C11H11O8P. The molecule has 0 aromatic rings. The van der Waals surface area contributed by atoms with Crippen LogP contribution in [0, 0.1) is 0 Å². The van der Waals surface area contributed by atoms with Crippen molar-refractivity contribution in [2.75, 3.05) is 0 Å². The number of phosphoric ester groups is 1. The van der Waals surface area contributed by atoms with E-state index >= 15 is 0 Å². The molecular weight excluding hydrogens is 291 g/mol. The Morgan fingerprint density at radius 3 is 2.00 bits per heavy atom. The topological polar surface area (TPSA) is 116 Å². The van der Waals surface area contributed by atoms with Crippen LogP contribution in [-0.4, -0.2) is 33.9 Å². The van der Waals surface area contributed by atoms with E-state index in [1.165, 1.54) is 0 Å². The van der Waals surface area contributed by atoms with Crippen LogP contribution >= 0.6 is 7.82 Å². The summed E-state index contributed by atoms with van der Waals surface area (Å²) in [6, 6.07) is 0. The van der Waals surface area contributed by atoms with E-state index in [1.54, 1.807) is 0 Å². The predicted molar refractivity (Wildman–Crippen MR) is 65.2 cm³/mol. The Bertz CT molecular complexity index is 529. The van der Waals surface area contributed by atoms with Crippen molar-refractivity contribution in [1.82, 2.24) is 0 Å². The van der Waals surface area contributed by atoms with E-state index in [4.69, 9.17) is 4.89 Å². The number of carbonyl (C=O) groups excluding carboxylic acids is 3. The molecule has 8 nitrogen and oxygen atoms in total. The monoisotopic (exact) mass is 302 g/mol. The van der Waals surface area contributed by atoms with Gasteiger partial charge in [0.05, 0.1) is 0 Å². The highest BCUT2D eigenvalue weighted by atomic mass is 31.2. The second kappa shape index (κ2) is 5.74. The standard InChI is InChI=1S/C11H11O8P/c1-4-7(12)10-11(8(13)5-2,9(14)6-3)18-19-20(15,16)17-10/h4-6,10H,1-3H2,(H,15,16). The van der Waals surface area contributed by atoms with E-state index in [-0.39, 0.29) is 0 Å². The van der Waals surface area contributed by atoms with Crippen LogP contribution in [-0.2, 0) is 33.0 Å². The lowest BCUT2D eigenvalue weighted by Crippen LogP contribution is -2.61. The van der Waals surface area contributed by atoms with Crippen LogP contribution in [0.1, 0.15) is 0 Å². The summed E-state index contributed by atoms with van der Waals surface area (Å²) in [5, 5.41) is 0. The fraction of sp³-hybridized carbons (Fsp3) is 0.182. The van der Waals surface area contributed by atoms with Crippen molar-refractivity contribution in [2.24, 2.45) is 0 Å². The van der Waals surface area contributed by atoms with Crippen molar-refractivity contribution in [1.29, 1.82) is 0 Å². The highest BCUT2D eigenvalue weighted by molar-refractivity contribution is 7.47. The molecule has 2 unspecified atom stereocenters. The quantitative estimate of drug-likeness (QED) is 0.325. The van der Waals surface area contributed by atoms with Crippen molar-refractivity contribution in [3.8, 4) is 0 Å². The maximum atomic E-state index is 11.9. The number of hydrogen-bond donors (Lipinski definition) is 1. The van der Waals surface area contributed by atoms with Crippen LogP contribution in [0.15, 0.2) is 38.0 Å². The van der Waals surface area contributed by atoms with Gasteiger partial charge in [-0.05, 0) is 18.2 Å². The summed E-state index contributed by atoms with van der Waals surface area (Å²) in [5.41, 5.74) is -2.62. The third kappa shape index (κ3) is 2.60. The molecule has 0 radical (unpaired) electrons. The van der Waals surface area contributed by atoms with Gasteiger partial charge in [0, 0.05) is 0 Å². The van der Waals surface area contributed by atoms with Gasteiger partial charge in [0.15, 0.2) is 11.9 Å². The van der Waals surface area contributed by atoms with Gasteiger partial charge in [-0.2, -0.15) is 4.89 Å². The van der Waals surface area contributed by atoms with E-state index in [0.29, 0.717) is 18.2 Å². The highest BCUT2D eigenvalue weighted by Crippen LogP contribution is 2.52. The predicted octanol–water partition coefficient (Wildman–Crippen LogP) is 0.438. The summed E-state index contributed by atoms with van der Waals surface area (Å²) in [5.74, 6) is -3.21. The molecule has 0 bridgehead atoms. The van der Waals surface area contributed by atoms with Crippen LogP contribution in [0.25, 0.3) is 0 Å². The molecule has 1 aliphatic heterocycles. The first-order valence-electron chi connectivity index (χ1n) is 5.13. The molecule has 0 spiro atoms. The zero-order chi connectivity index (χ0) is 15.6. The molecule has 20 heavy (non-hydrogen) atoms. The van der Waals surface area contributed by atoms with Crippen LogP contribution in [0.5, 0.6) is 0 Å². The summed E-state index contributed by atoms with van der Waals surface area (Å²) in [6.45, 7) is 9.46. The van der Waals surface area contributed by atoms with Crippen LogP contribution in [0.2, 0.25) is 0 Å². The van der Waals surface area contributed by atoms with Gasteiger partial charge in [0.2, 0.25) is 11.6 Å². The van der Waals surface area contributed by atoms with Crippen LogP contribution < -0.4 is 0 Å². The fourth-order valence-electron chi connectivity index (χ4n) is 1.50. The lowest BCUT2D eigenvalue weighted by atomic mass is 9.84. The van der Waals surface area contributed by atoms with Gasteiger partial charge in [-0.1, -0.05) is 19.7 Å². The molecule has 0 amide bonds. The molecule has 1 fully saturated rings. The molecule has 0 aromatic carbocycles. The largest absolute Gasteiger partial charge is 0.500 e. The first-order valence-corrected chi connectivity index (χ1v) is 6.63. The third-order valence-corrected chi connectivity index (χ3v) is 3.17. The van der Waals surface area contributed by atoms with E-state index in [2.05, 4.69) is 33.8 Å². The first kappa shape index (κ1) is 16.4. The van der Waals surface area contributed by atoms with Crippen molar-refractivity contribution >= 4 is 25.2 Å². The Hall–Kier alpha value is -1.70. The smallest absolute Gasteiger partial charge is 0.301 e. The molecule has 1 aliphatic rings. The average molecular weight is 302 g/mol. The summed E-state index contributed by atoms with van der Waals surface area (Å²) in [6.07, 6.45) is 0.0393. The minimum atomic E-state index is -4.75. The molecule has 0 aromatic heterocycles. The molecule has 1 rings (SSSR count). The van der Waals surface area contributed by atoms with Gasteiger partial charge < -0.3 is 4.89 Å². The van der Waals surface area contributed by atoms with Crippen molar-refractivity contribution in [3.63, 3.8) is 0 Å². The summed E-state index contributed by atoms with van der Waals surface area (Å²) < 4.78 is 19.8. The van der Waals surface area contributed by atoms with Crippen molar-refractivity contribution < 1.29 is 37.9 Å². The molecule has 1 heterocycles. The van der Waals surface area contributed by atoms with E-state index in [1.807, 2.05) is 0 Å². The zero-order valence-electron chi connectivity index (χ0n) is 10.2. The van der Waals surface area contributed by atoms with Gasteiger partial charge in [-0.15, -0.1) is 4.67 Å². The Labute approximate surface area is 113 Å². The maximum Gasteiger partial charge on any atom is 0.500 e. The number of carbonyl (C=O) groups is 3. The van der Waals surface area contributed by atoms with Crippen molar-refractivity contribution in [3.05, 3.63) is 38.0 Å². The second-order valence-electron chi connectivity index (χ2n) is 3.59. The lowest BCUT2D eigenvalue weighted by molar-refractivity contribution is -0.318. The fourth-order valence-corrected chi connectivity index (χ4v) is 2.26. The Balaban J connectivity index is 3.48. The Morgan fingerprint density at radius 1 is 1.10 bits per heavy atom.